The van der Waals surface area contributed by atoms with E-state index in [-0.39, 0.29) is 24.7 Å². The summed E-state index contributed by atoms with van der Waals surface area (Å²) in [4.78, 5) is 10.8. The number of carbonyl (C=O) groups excluding carboxylic acids is 1. The molecule has 0 aromatic carbocycles. The lowest BCUT2D eigenvalue weighted by Crippen LogP contribution is -2.14. The summed E-state index contributed by atoms with van der Waals surface area (Å²) < 4.78 is 28.2. The second-order valence-electron chi connectivity index (χ2n) is 2.82. The molecule has 0 aliphatic heterocycles. The Morgan fingerprint density at radius 3 is 2.80 bits per heavy atom. The fourth-order valence-corrected chi connectivity index (χ4v) is 3.15. The molecule has 1 aromatic heterocycles. The Labute approximate surface area is 92.8 Å². The number of thiophene rings is 1. The van der Waals surface area contributed by atoms with Gasteiger partial charge in [-0.25, -0.2) is 8.42 Å². The van der Waals surface area contributed by atoms with Gasteiger partial charge in [-0.3, -0.25) is 4.79 Å². The van der Waals surface area contributed by atoms with Crippen molar-refractivity contribution in [2.24, 2.45) is 0 Å². The van der Waals surface area contributed by atoms with Crippen LogP contribution in [0.3, 0.4) is 0 Å². The smallest absolute Gasteiger partial charge is 0.305 e. The van der Waals surface area contributed by atoms with Gasteiger partial charge in [-0.05, 0) is 11.4 Å². The highest BCUT2D eigenvalue weighted by Gasteiger charge is 2.15. The molecule has 0 N–H and O–H groups in total. The van der Waals surface area contributed by atoms with Crippen LogP contribution >= 0.6 is 11.3 Å². The number of sulfone groups is 1. The van der Waals surface area contributed by atoms with Crippen molar-refractivity contribution in [2.75, 3.05) is 12.4 Å². The van der Waals surface area contributed by atoms with Crippen molar-refractivity contribution in [3.05, 3.63) is 17.5 Å². The Kier molecular flexibility index (Phi) is 4.28. The molecule has 1 heterocycles. The first-order valence-electron chi connectivity index (χ1n) is 4.48. The maximum atomic E-state index is 11.6. The first-order valence-corrected chi connectivity index (χ1v) is 7.01. The Bertz CT molecular complexity index is 405. The lowest BCUT2D eigenvalue weighted by atomic mass is 10.5. The van der Waals surface area contributed by atoms with Crippen LogP contribution in [-0.2, 0) is 19.4 Å². The normalized spacial score (nSPS) is 11.3. The Balaban J connectivity index is 2.49. The van der Waals surface area contributed by atoms with Gasteiger partial charge in [-0.15, -0.1) is 11.3 Å². The zero-order valence-corrected chi connectivity index (χ0v) is 9.94. The zero-order valence-electron chi connectivity index (χ0n) is 8.30. The number of carbonyl (C=O) groups is 1. The molecule has 0 fully saturated rings. The number of rotatable bonds is 5. The average molecular weight is 248 g/mol. The topological polar surface area (TPSA) is 60.4 Å². The van der Waals surface area contributed by atoms with Crippen molar-refractivity contribution >= 4 is 27.1 Å². The van der Waals surface area contributed by atoms with Gasteiger partial charge in [0.05, 0.1) is 5.75 Å². The minimum atomic E-state index is -3.28. The largest absolute Gasteiger partial charge is 0.465 e. The Hall–Kier alpha value is -0.880. The van der Waals surface area contributed by atoms with Crippen LogP contribution in [0.4, 0.5) is 0 Å². The molecule has 84 valence electrons. The summed E-state index contributed by atoms with van der Waals surface area (Å²) in [5.41, 5.74) is 0. The maximum absolute atomic E-state index is 11.6. The molecule has 1 rings (SSSR count). The first-order chi connectivity index (χ1) is 7.06. The highest BCUT2D eigenvalue weighted by molar-refractivity contribution is 7.93. The summed E-state index contributed by atoms with van der Waals surface area (Å²) in [6, 6.07) is 3.22. The van der Waals surface area contributed by atoms with Gasteiger partial charge in [0.2, 0.25) is 0 Å². The summed E-state index contributed by atoms with van der Waals surface area (Å²) >= 11 is 1.17. The maximum Gasteiger partial charge on any atom is 0.305 e. The van der Waals surface area contributed by atoms with Gasteiger partial charge in [-0.2, -0.15) is 0 Å². The zero-order chi connectivity index (χ0) is 11.3. The van der Waals surface area contributed by atoms with Crippen LogP contribution in [0.5, 0.6) is 0 Å². The van der Waals surface area contributed by atoms with E-state index in [1.54, 1.807) is 24.4 Å². The van der Waals surface area contributed by atoms with Crippen molar-refractivity contribution in [1.29, 1.82) is 0 Å². The molecule has 15 heavy (non-hydrogen) atoms. The molecule has 0 amide bonds. The summed E-state index contributed by atoms with van der Waals surface area (Å²) in [6.45, 7) is 1.59. The number of hydrogen-bond acceptors (Lipinski definition) is 5. The van der Waals surface area contributed by atoms with Crippen LogP contribution in [0.15, 0.2) is 21.7 Å². The molecular weight excluding hydrogens is 236 g/mol. The number of hydrogen-bond donors (Lipinski definition) is 0. The van der Waals surface area contributed by atoms with E-state index in [0.29, 0.717) is 4.21 Å². The lowest BCUT2D eigenvalue weighted by Gasteiger charge is -2.03. The van der Waals surface area contributed by atoms with E-state index in [1.165, 1.54) is 11.3 Å². The molecule has 0 bridgehead atoms. The second-order valence-corrected chi connectivity index (χ2v) is 6.11. The molecule has 6 heteroatoms. The van der Waals surface area contributed by atoms with E-state index >= 15 is 0 Å². The third kappa shape index (κ3) is 3.64. The highest BCUT2D eigenvalue weighted by Crippen LogP contribution is 2.17. The van der Waals surface area contributed by atoms with Gasteiger partial charge >= 0.3 is 5.97 Å². The van der Waals surface area contributed by atoms with Crippen molar-refractivity contribution < 1.29 is 17.9 Å². The molecule has 0 saturated carbocycles. The molecular formula is C9H12O4S2. The standard InChI is InChI=1S/C9H12O4S2/c1-2-8(10)13-5-7-15(11,12)9-4-3-6-14-9/h3-4,6H,2,5,7H2,1H3. The van der Waals surface area contributed by atoms with E-state index < -0.39 is 9.84 Å². The fourth-order valence-electron chi connectivity index (χ4n) is 0.908. The second kappa shape index (κ2) is 5.27. The van der Waals surface area contributed by atoms with Crippen LogP contribution in [0.25, 0.3) is 0 Å². The SMILES string of the molecule is CCC(=O)OCCS(=O)(=O)c1cccs1. The Morgan fingerprint density at radius 2 is 2.27 bits per heavy atom. The fraction of sp³-hybridized carbons (Fsp3) is 0.444. The van der Waals surface area contributed by atoms with Crippen molar-refractivity contribution in [3.8, 4) is 0 Å². The van der Waals surface area contributed by atoms with E-state index in [9.17, 15) is 13.2 Å². The van der Waals surface area contributed by atoms with E-state index in [2.05, 4.69) is 0 Å². The summed E-state index contributed by atoms with van der Waals surface area (Å²) in [5, 5.41) is 1.70. The molecule has 1 aromatic rings. The van der Waals surface area contributed by atoms with Gasteiger partial charge in [0, 0.05) is 6.42 Å². The predicted molar refractivity (Wildman–Crippen MR) is 57.6 cm³/mol. The Morgan fingerprint density at radius 1 is 1.53 bits per heavy atom. The van der Waals surface area contributed by atoms with Gasteiger partial charge in [0.1, 0.15) is 10.8 Å². The molecule has 0 saturated heterocycles. The summed E-state index contributed by atoms with van der Waals surface area (Å²) in [6.07, 6.45) is 0.263. The molecule has 0 atom stereocenters. The van der Waals surface area contributed by atoms with Crippen LogP contribution in [-0.4, -0.2) is 26.7 Å². The van der Waals surface area contributed by atoms with Gasteiger partial charge < -0.3 is 4.74 Å². The van der Waals surface area contributed by atoms with Crippen LogP contribution in [0, 0.1) is 0 Å². The van der Waals surface area contributed by atoms with E-state index in [4.69, 9.17) is 4.74 Å². The third-order valence-electron chi connectivity index (χ3n) is 1.71. The molecule has 4 nitrogen and oxygen atoms in total. The molecule has 0 unspecified atom stereocenters. The van der Waals surface area contributed by atoms with Gasteiger partial charge in [0.25, 0.3) is 0 Å². The van der Waals surface area contributed by atoms with E-state index in [1.807, 2.05) is 0 Å². The van der Waals surface area contributed by atoms with Gasteiger partial charge in [-0.1, -0.05) is 13.0 Å². The van der Waals surface area contributed by atoms with Crippen molar-refractivity contribution in [1.82, 2.24) is 0 Å². The number of ether oxygens (including phenoxy) is 1. The minimum Gasteiger partial charge on any atom is -0.465 e. The van der Waals surface area contributed by atoms with Crippen molar-refractivity contribution in [2.45, 2.75) is 17.6 Å². The number of esters is 1. The molecule has 0 spiro atoms. The van der Waals surface area contributed by atoms with Gasteiger partial charge in [0.15, 0.2) is 9.84 Å². The summed E-state index contributed by atoms with van der Waals surface area (Å²) in [7, 11) is -3.28. The average Bonchev–Trinajstić information content (AvgIpc) is 2.70. The predicted octanol–water partition coefficient (Wildman–Crippen LogP) is 1.48. The minimum absolute atomic E-state index is 0.0765. The molecule has 0 radical (unpaired) electrons. The summed E-state index contributed by atoms with van der Waals surface area (Å²) in [5.74, 6) is -0.532. The molecule has 0 aliphatic carbocycles. The van der Waals surface area contributed by atoms with Crippen molar-refractivity contribution in [3.63, 3.8) is 0 Å². The van der Waals surface area contributed by atoms with Crippen LogP contribution in [0.1, 0.15) is 13.3 Å². The van der Waals surface area contributed by atoms with E-state index in [0.717, 1.165) is 0 Å². The highest BCUT2D eigenvalue weighted by atomic mass is 32.2. The third-order valence-corrected chi connectivity index (χ3v) is 4.87. The molecule has 0 aliphatic rings. The monoisotopic (exact) mass is 248 g/mol. The van der Waals surface area contributed by atoms with Crippen LogP contribution < -0.4 is 0 Å². The van der Waals surface area contributed by atoms with Crippen LogP contribution in [0.2, 0.25) is 0 Å². The lowest BCUT2D eigenvalue weighted by molar-refractivity contribution is -0.142. The first kappa shape index (κ1) is 12.2. The quantitative estimate of drug-likeness (QED) is 0.740.